The Morgan fingerprint density at radius 2 is 2.09 bits per heavy atom. The lowest BCUT2D eigenvalue weighted by atomic mass is 10.1. The number of carbonyl (C=O) groups excluding carboxylic acids is 3. The first kappa shape index (κ1) is 15.4. The van der Waals surface area contributed by atoms with Gasteiger partial charge in [-0.25, -0.2) is 4.79 Å². The molecule has 0 unspecified atom stereocenters. The van der Waals surface area contributed by atoms with Crippen molar-refractivity contribution in [3.63, 3.8) is 0 Å². The first-order valence-corrected chi connectivity index (χ1v) is 6.32. The molecule has 1 aliphatic heterocycles. The first-order chi connectivity index (χ1) is 10.4. The van der Waals surface area contributed by atoms with Crippen LogP contribution in [0.25, 0.3) is 6.08 Å². The highest BCUT2D eigenvalue weighted by Gasteiger charge is 2.29. The van der Waals surface area contributed by atoms with E-state index in [1.165, 1.54) is 20.2 Å². The summed E-state index contributed by atoms with van der Waals surface area (Å²) in [5.74, 6) is -0.295. The summed E-state index contributed by atoms with van der Waals surface area (Å²) in [4.78, 5) is 34.9. The summed E-state index contributed by atoms with van der Waals surface area (Å²) in [7, 11) is 2.83. The molecule has 1 aliphatic rings. The third-order valence-corrected chi connectivity index (χ3v) is 2.95. The number of carbonyl (C=O) groups is 3. The summed E-state index contributed by atoms with van der Waals surface area (Å²) in [5, 5.41) is 2.46. The number of hydrogen-bond donors (Lipinski definition) is 2. The van der Waals surface area contributed by atoms with Gasteiger partial charge in [-0.05, 0) is 23.8 Å². The van der Waals surface area contributed by atoms with E-state index >= 15 is 0 Å². The number of benzene rings is 1. The van der Waals surface area contributed by atoms with Gasteiger partial charge in [0.05, 0.1) is 7.11 Å². The van der Waals surface area contributed by atoms with E-state index in [0.29, 0.717) is 17.1 Å². The van der Waals surface area contributed by atoms with Crippen molar-refractivity contribution in [3.05, 3.63) is 29.5 Å². The highest BCUT2D eigenvalue weighted by atomic mass is 16.5. The SMILES string of the molecule is COc1cc(/C=C2/NC(=O)N(C)C2=O)ccc1OCC(N)=O. The Morgan fingerprint density at radius 1 is 1.36 bits per heavy atom. The molecule has 1 aromatic carbocycles. The molecule has 0 saturated carbocycles. The number of hydrogen-bond acceptors (Lipinski definition) is 5. The molecule has 8 heteroatoms. The summed E-state index contributed by atoms with van der Waals surface area (Å²) < 4.78 is 10.4. The van der Waals surface area contributed by atoms with Crippen LogP contribution in [-0.2, 0) is 9.59 Å². The van der Waals surface area contributed by atoms with Crippen LogP contribution in [0.2, 0.25) is 0 Å². The number of amides is 4. The minimum absolute atomic E-state index is 0.167. The Balaban J connectivity index is 2.25. The monoisotopic (exact) mass is 305 g/mol. The average molecular weight is 305 g/mol. The second-order valence-corrected chi connectivity index (χ2v) is 4.52. The van der Waals surface area contributed by atoms with Crippen LogP contribution in [0, 0.1) is 0 Å². The Kier molecular flexibility index (Phi) is 4.31. The molecule has 1 saturated heterocycles. The summed E-state index contributed by atoms with van der Waals surface area (Å²) in [6.45, 7) is -0.268. The van der Waals surface area contributed by atoms with Crippen LogP contribution in [0.15, 0.2) is 23.9 Å². The third kappa shape index (κ3) is 3.17. The van der Waals surface area contributed by atoms with Crippen molar-refractivity contribution < 1.29 is 23.9 Å². The van der Waals surface area contributed by atoms with E-state index < -0.39 is 17.8 Å². The van der Waals surface area contributed by atoms with Gasteiger partial charge in [0.1, 0.15) is 5.70 Å². The number of imide groups is 1. The lowest BCUT2D eigenvalue weighted by Gasteiger charge is -2.10. The molecule has 8 nitrogen and oxygen atoms in total. The van der Waals surface area contributed by atoms with Gasteiger partial charge in [-0.2, -0.15) is 0 Å². The molecule has 3 N–H and O–H groups in total. The van der Waals surface area contributed by atoms with E-state index in [-0.39, 0.29) is 12.3 Å². The van der Waals surface area contributed by atoms with Crippen LogP contribution >= 0.6 is 0 Å². The van der Waals surface area contributed by atoms with Crippen molar-refractivity contribution in [1.29, 1.82) is 0 Å². The van der Waals surface area contributed by atoms with Crippen LogP contribution in [0.5, 0.6) is 11.5 Å². The number of urea groups is 1. The molecule has 0 bridgehead atoms. The van der Waals surface area contributed by atoms with Crippen molar-refractivity contribution in [2.75, 3.05) is 20.8 Å². The fourth-order valence-electron chi connectivity index (χ4n) is 1.83. The number of likely N-dealkylation sites (N-methyl/N-ethyl adjacent to an activating group) is 1. The zero-order valence-corrected chi connectivity index (χ0v) is 12.1. The normalized spacial score (nSPS) is 15.9. The van der Waals surface area contributed by atoms with Crippen molar-refractivity contribution in [2.24, 2.45) is 5.73 Å². The van der Waals surface area contributed by atoms with Gasteiger partial charge < -0.3 is 20.5 Å². The third-order valence-electron chi connectivity index (χ3n) is 2.95. The highest BCUT2D eigenvalue weighted by molar-refractivity contribution is 6.13. The van der Waals surface area contributed by atoms with Crippen LogP contribution in [0.3, 0.4) is 0 Å². The topological polar surface area (TPSA) is 111 Å². The summed E-state index contributed by atoms with van der Waals surface area (Å²) in [6, 6.07) is 4.37. The maximum atomic E-state index is 11.8. The van der Waals surface area contributed by atoms with E-state index in [9.17, 15) is 14.4 Å². The maximum absolute atomic E-state index is 11.8. The van der Waals surface area contributed by atoms with Gasteiger partial charge in [-0.3, -0.25) is 14.5 Å². The predicted molar refractivity (Wildman–Crippen MR) is 77.0 cm³/mol. The number of nitrogens with zero attached hydrogens (tertiary/aromatic N) is 1. The van der Waals surface area contributed by atoms with E-state index in [4.69, 9.17) is 15.2 Å². The minimum atomic E-state index is -0.601. The van der Waals surface area contributed by atoms with Gasteiger partial charge >= 0.3 is 6.03 Å². The fraction of sp³-hybridized carbons (Fsp3) is 0.214. The summed E-state index contributed by atoms with van der Waals surface area (Å²) >= 11 is 0. The van der Waals surface area contributed by atoms with Crippen molar-refractivity contribution in [3.8, 4) is 11.5 Å². The smallest absolute Gasteiger partial charge is 0.328 e. The number of rotatable bonds is 5. The number of ether oxygens (including phenoxy) is 2. The van der Waals surface area contributed by atoms with Gasteiger partial charge in [0.2, 0.25) is 0 Å². The number of primary amides is 1. The summed E-state index contributed by atoms with van der Waals surface area (Å²) in [6.07, 6.45) is 1.52. The van der Waals surface area contributed by atoms with Crippen molar-refractivity contribution in [2.45, 2.75) is 0 Å². The van der Waals surface area contributed by atoms with Gasteiger partial charge in [-0.1, -0.05) is 6.07 Å². The molecule has 1 aromatic rings. The summed E-state index contributed by atoms with van der Waals surface area (Å²) in [5.41, 5.74) is 5.81. The fourth-order valence-corrected chi connectivity index (χ4v) is 1.83. The second kappa shape index (κ2) is 6.17. The Morgan fingerprint density at radius 3 is 2.64 bits per heavy atom. The molecule has 1 fully saturated rings. The van der Waals surface area contributed by atoms with Crippen LogP contribution in [0.4, 0.5) is 4.79 Å². The van der Waals surface area contributed by atoms with E-state index in [0.717, 1.165) is 4.90 Å². The van der Waals surface area contributed by atoms with Gasteiger partial charge in [0.15, 0.2) is 18.1 Å². The van der Waals surface area contributed by atoms with Crippen LogP contribution in [-0.4, -0.2) is 43.5 Å². The highest BCUT2D eigenvalue weighted by Crippen LogP contribution is 2.29. The van der Waals surface area contributed by atoms with Crippen LogP contribution < -0.4 is 20.5 Å². The molecule has 1 heterocycles. The Labute approximate surface area is 126 Å². The molecule has 0 aromatic heterocycles. The molecule has 2 rings (SSSR count). The quantitative estimate of drug-likeness (QED) is 0.591. The van der Waals surface area contributed by atoms with Crippen LogP contribution in [0.1, 0.15) is 5.56 Å². The lowest BCUT2D eigenvalue weighted by Crippen LogP contribution is -2.25. The number of nitrogens with one attached hydrogen (secondary N) is 1. The van der Waals surface area contributed by atoms with E-state index in [2.05, 4.69) is 5.32 Å². The van der Waals surface area contributed by atoms with Gasteiger partial charge in [0, 0.05) is 7.05 Å². The minimum Gasteiger partial charge on any atom is -0.493 e. The molecule has 0 aliphatic carbocycles. The average Bonchev–Trinajstić information content (AvgIpc) is 2.73. The molecular weight excluding hydrogens is 290 g/mol. The second-order valence-electron chi connectivity index (χ2n) is 4.52. The molecule has 116 valence electrons. The molecular formula is C14H15N3O5. The molecule has 4 amide bonds. The van der Waals surface area contributed by atoms with E-state index in [1.807, 2.05) is 0 Å². The lowest BCUT2D eigenvalue weighted by molar-refractivity contribution is -0.122. The van der Waals surface area contributed by atoms with Gasteiger partial charge in [0.25, 0.3) is 11.8 Å². The molecule has 0 atom stereocenters. The van der Waals surface area contributed by atoms with Crippen molar-refractivity contribution in [1.82, 2.24) is 10.2 Å². The number of nitrogens with two attached hydrogens (primary N) is 1. The van der Waals surface area contributed by atoms with Crippen molar-refractivity contribution >= 4 is 23.9 Å². The molecule has 0 spiro atoms. The Bertz CT molecular complexity index is 668. The van der Waals surface area contributed by atoms with Gasteiger partial charge in [-0.15, -0.1) is 0 Å². The number of methoxy groups -OCH3 is 1. The molecule has 0 radical (unpaired) electrons. The predicted octanol–water partition coefficient (Wildman–Crippen LogP) is 0.0818. The largest absolute Gasteiger partial charge is 0.493 e. The first-order valence-electron chi connectivity index (χ1n) is 6.32. The zero-order valence-electron chi connectivity index (χ0n) is 12.1. The standard InChI is InChI=1S/C14H15N3O5/c1-17-13(19)9(16-14(17)20)5-8-3-4-10(11(6-8)21-2)22-7-12(15)18/h3-6H,7H2,1-2H3,(H2,15,18)(H,16,20)/b9-5+. The zero-order chi connectivity index (χ0) is 16.3. The molecule has 22 heavy (non-hydrogen) atoms. The maximum Gasteiger partial charge on any atom is 0.328 e. The Hall–Kier alpha value is -3.03. The van der Waals surface area contributed by atoms with E-state index in [1.54, 1.807) is 18.2 Å².